The van der Waals surface area contributed by atoms with Gasteiger partial charge in [-0.3, -0.25) is 9.36 Å². The van der Waals surface area contributed by atoms with Gasteiger partial charge in [-0.05, 0) is 54.5 Å². The molecule has 3 aromatic carbocycles. The molecule has 5 rings (SSSR count). The van der Waals surface area contributed by atoms with Crippen LogP contribution in [0.1, 0.15) is 31.0 Å². The number of methoxy groups -OCH3 is 2. The molecule has 1 aliphatic heterocycles. The van der Waals surface area contributed by atoms with Gasteiger partial charge in [0.1, 0.15) is 11.8 Å². The van der Waals surface area contributed by atoms with Gasteiger partial charge in [-0.2, -0.15) is 5.26 Å². The zero-order chi connectivity index (χ0) is 29.1. The highest BCUT2D eigenvalue weighted by Crippen LogP contribution is 2.36. The Morgan fingerprint density at radius 2 is 1.85 bits per heavy atom. The third-order valence-corrected chi connectivity index (χ3v) is 7.72. The molecule has 0 radical (unpaired) electrons. The van der Waals surface area contributed by atoms with Crippen LogP contribution >= 0.6 is 11.3 Å². The van der Waals surface area contributed by atoms with Crippen LogP contribution in [0.25, 0.3) is 16.8 Å². The van der Waals surface area contributed by atoms with Crippen molar-refractivity contribution in [2.24, 2.45) is 4.99 Å². The smallest absolute Gasteiger partial charge is 0.338 e. The third-order valence-electron chi connectivity index (χ3n) is 6.74. The van der Waals surface area contributed by atoms with Crippen molar-refractivity contribution in [1.29, 1.82) is 5.26 Å². The largest absolute Gasteiger partial charge is 0.493 e. The van der Waals surface area contributed by atoms with E-state index in [-0.39, 0.29) is 24.3 Å². The molecule has 9 nitrogen and oxygen atoms in total. The van der Waals surface area contributed by atoms with E-state index in [1.807, 2.05) is 36.4 Å². The van der Waals surface area contributed by atoms with E-state index in [4.69, 9.17) is 24.2 Å². The van der Waals surface area contributed by atoms with Crippen molar-refractivity contribution >= 4 is 34.2 Å². The van der Waals surface area contributed by atoms with Gasteiger partial charge in [-0.15, -0.1) is 0 Å². The van der Waals surface area contributed by atoms with E-state index in [1.165, 1.54) is 30.1 Å². The third kappa shape index (κ3) is 5.08. The average molecular weight is 570 g/mol. The van der Waals surface area contributed by atoms with Crippen molar-refractivity contribution in [3.05, 3.63) is 96.7 Å². The summed E-state index contributed by atoms with van der Waals surface area (Å²) in [7, 11) is 3.06. The lowest BCUT2D eigenvalue weighted by Crippen LogP contribution is -2.40. The van der Waals surface area contributed by atoms with E-state index in [2.05, 4.69) is 4.99 Å². The molecule has 0 unspecified atom stereocenters. The van der Waals surface area contributed by atoms with E-state index >= 15 is 0 Å². The first kappa shape index (κ1) is 27.7. The van der Waals surface area contributed by atoms with E-state index in [1.54, 1.807) is 44.2 Å². The summed E-state index contributed by atoms with van der Waals surface area (Å²) >= 11 is 1.21. The van der Waals surface area contributed by atoms with Crippen LogP contribution in [-0.2, 0) is 9.53 Å². The second kappa shape index (κ2) is 11.7. The molecule has 1 atom stereocenters. The molecular formula is C31H27N3O6S. The van der Waals surface area contributed by atoms with Crippen LogP contribution in [0.15, 0.2) is 75.7 Å². The summed E-state index contributed by atoms with van der Waals surface area (Å²) in [6.07, 6.45) is 1.76. The van der Waals surface area contributed by atoms with Crippen LogP contribution in [0.3, 0.4) is 0 Å². The zero-order valence-electron chi connectivity index (χ0n) is 23.0. The lowest BCUT2D eigenvalue weighted by molar-refractivity contribution is -0.139. The van der Waals surface area contributed by atoms with Crippen molar-refractivity contribution in [1.82, 2.24) is 4.57 Å². The number of ether oxygens (including phenoxy) is 4. The first-order valence-electron chi connectivity index (χ1n) is 12.8. The molecular weight excluding hydrogens is 542 g/mol. The summed E-state index contributed by atoms with van der Waals surface area (Å²) in [5.41, 5.74) is 1.70. The number of fused-ring (bicyclic) bond motifs is 2. The number of esters is 1. The number of nitrogens with zero attached hydrogens (tertiary/aromatic N) is 3. The maximum Gasteiger partial charge on any atom is 0.338 e. The number of allylic oxidation sites excluding steroid dienone is 1. The molecule has 0 spiro atoms. The predicted molar refractivity (Wildman–Crippen MR) is 155 cm³/mol. The number of aromatic nitrogens is 1. The van der Waals surface area contributed by atoms with Crippen molar-refractivity contribution in [3.8, 4) is 23.3 Å². The molecule has 0 saturated heterocycles. The summed E-state index contributed by atoms with van der Waals surface area (Å²) in [5.74, 6) is 0.905. The maximum atomic E-state index is 14.1. The fourth-order valence-corrected chi connectivity index (χ4v) is 5.95. The van der Waals surface area contributed by atoms with Gasteiger partial charge in [0.2, 0.25) is 0 Å². The van der Waals surface area contributed by atoms with Crippen LogP contribution in [0.4, 0.5) is 0 Å². The number of carbonyl (C=O) groups is 1. The molecule has 0 bridgehead atoms. The minimum atomic E-state index is -0.811. The maximum absolute atomic E-state index is 14.1. The molecule has 1 aromatic heterocycles. The molecule has 10 heteroatoms. The Morgan fingerprint density at radius 3 is 2.59 bits per heavy atom. The summed E-state index contributed by atoms with van der Waals surface area (Å²) in [6.45, 7) is 3.49. The number of hydrogen-bond donors (Lipinski definition) is 0. The second-order valence-corrected chi connectivity index (χ2v) is 10.1. The van der Waals surface area contributed by atoms with Crippen molar-refractivity contribution in [2.45, 2.75) is 19.9 Å². The predicted octanol–water partition coefficient (Wildman–Crippen LogP) is 3.87. The first-order chi connectivity index (χ1) is 19.9. The van der Waals surface area contributed by atoms with Gasteiger partial charge >= 0.3 is 5.97 Å². The Kier molecular flexibility index (Phi) is 7.90. The minimum absolute atomic E-state index is 0.137. The van der Waals surface area contributed by atoms with Crippen LogP contribution in [0.5, 0.6) is 17.2 Å². The lowest BCUT2D eigenvalue weighted by atomic mass is 9.95. The number of thiazole rings is 1. The quantitative estimate of drug-likeness (QED) is 0.296. The minimum Gasteiger partial charge on any atom is -0.493 e. The standard InChI is InChI=1S/C31H27N3O6S/c1-5-39-30(36)27-18(2)33-31-34(28(27)20-11-13-24(37-3)25(16-20)38-4)29(35)26(41-31)17-22-21-9-7-6-8-19(21)10-12-23(22)40-15-14-32/h6-13,16-17,28H,5,15H2,1-4H3/b26-17-/t28-/m1/s1. The first-order valence-corrected chi connectivity index (χ1v) is 13.7. The Morgan fingerprint density at radius 1 is 1.10 bits per heavy atom. The number of benzene rings is 3. The zero-order valence-corrected chi connectivity index (χ0v) is 23.8. The molecule has 2 heterocycles. The molecule has 208 valence electrons. The summed E-state index contributed by atoms with van der Waals surface area (Å²) in [4.78, 5) is 32.4. The normalized spacial score (nSPS) is 14.7. The highest BCUT2D eigenvalue weighted by atomic mass is 32.1. The summed E-state index contributed by atoms with van der Waals surface area (Å²) in [5, 5.41) is 10.9. The number of hydrogen-bond acceptors (Lipinski definition) is 9. The van der Waals surface area contributed by atoms with Crippen molar-refractivity contribution in [3.63, 3.8) is 0 Å². The fourth-order valence-electron chi connectivity index (χ4n) is 4.92. The van der Waals surface area contributed by atoms with E-state index < -0.39 is 12.0 Å². The Balaban J connectivity index is 1.78. The second-order valence-electron chi connectivity index (χ2n) is 9.06. The van der Waals surface area contributed by atoms with Crippen LogP contribution < -0.4 is 29.1 Å². The Hall–Kier alpha value is -4.88. The number of nitriles is 1. The molecule has 0 amide bonds. The molecule has 41 heavy (non-hydrogen) atoms. The van der Waals surface area contributed by atoms with Gasteiger partial charge in [0, 0.05) is 5.56 Å². The summed E-state index contributed by atoms with van der Waals surface area (Å²) in [6, 6.07) is 17.9. The lowest BCUT2D eigenvalue weighted by Gasteiger charge is -2.25. The monoisotopic (exact) mass is 569 g/mol. The molecule has 4 aromatic rings. The molecule has 1 aliphatic rings. The molecule has 0 fully saturated rings. The fraction of sp³-hybridized carbons (Fsp3) is 0.226. The van der Waals surface area contributed by atoms with Crippen LogP contribution in [0, 0.1) is 11.3 Å². The van der Waals surface area contributed by atoms with Gasteiger partial charge in [0.15, 0.2) is 22.9 Å². The topological polar surface area (TPSA) is 112 Å². The number of carbonyl (C=O) groups excluding carboxylic acids is 1. The molecule has 0 aliphatic carbocycles. The van der Waals surface area contributed by atoms with E-state index in [9.17, 15) is 9.59 Å². The van der Waals surface area contributed by atoms with E-state index in [0.717, 1.165) is 10.8 Å². The molecule has 0 N–H and O–H groups in total. The van der Waals surface area contributed by atoms with Gasteiger partial charge in [0.05, 0.1) is 42.7 Å². The highest BCUT2D eigenvalue weighted by molar-refractivity contribution is 7.07. The number of rotatable bonds is 8. The summed E-state index contributed by atoms with van der Waals surface area (Å²) < 4.78 is 23.9. The van der Waals surface area contributed by atoms with E-state index in [0.29, 0.717) is 43.4 Å². The average Bonchev–Trinajstić information content (AvgIpc) is 3.29. The van der Waals surface area contributed by atoms with Gasteiger partial charge in [0.25, 0.3) is 5.56 Å². The SMILES string of the molecule is CCOC(=O)C1=C(C)N=c2s/c(=C\c3c(OCC#N)ccc4ccccc34)c(=O)n2[C@@H]1c1ccc(OC)c(OC)c1. The van der Waals surface area contributed by atoms with Crippen LogP contribution in [0.2, 0.25) is 0 Å². The van der Waals surface area contributed by atoms with Crippen molar-refractivity contribution in [2.75, 3.05) is 27.4 Å². The highest BCUT2D eigenvalue weighted by Gasteiger charge is 2.34. The van der Waals surface area contributed by atoms with Gasteiger partial charge in [-0.1, -0.05) is 47.7 Å². The van der Waals surface area contributed by atoms with Crippen molar-refractivity contribution < 1.29 is 23.7 Å². The van der Waals surface area contributed by atoms with Gasteiger partial charge in [-0.25, -0.2) is 9.79 Å². The van der Waals surface area contributed by atoms with Gasteiger partial charge < -0.3 is 18.9 Å². The van der Waals surface area contributed by atoms with Crippen LogP contribution in [-0.4, -0.2) is 38.0 Å². The Labute approximate surface area is 239 Å². The Bertz CT molecular complexity index is 1910. The molecule has 0 saturated carbocycles.